The molecule has 2 rings (SSSR count). The van der Waals surface area contributed by atoms with Crippen LogP contribution < -0.4 is 10.1 Å². The summed E-state index contributed by atoms with van der Waals surface area (Å²) in [6.07, 6.45) is 0.933. The molecular weight excluding hydrogens is 328 g/mol. The van der Waals surface area contributed by atoms with Gasteiger partial charge in [-0.05, 0) is 50.1 Å². The zero-order chi connectivity index (χ0) is 18.9. The fourth-order valence-electron chi connectivity index (χ4n) is 2.80. The molecule has 0 aliphatic rings. The van der Waals surface area contributed by atoms with E-state index in [2.05, 4.69) is 5.32 Å². The van der Waals surface area contributed by atoms with Crippen molar-refractivity contribution in [2.75, 3.05) is 25.5 Å². The second-order valence-electron chi connectivity index (χ2n) is 5.92. The Morgan fingerprint density at radius 3 is 2.46 bits per heavy atom. The summed E-state index contributed by atoms with van der Waals surface area (Å²) in [4.78, 5) is 26.4. The second kappa shape index (κ2) is 9.61. The zero-order valence-corrected chi connectivity index (χ0v) is 15.6. The van der Waals surface area contributed by atoms with Gasteiger partial charge in [-0.25, -0.2) is 0 Å². The van der Waals surface area contributed by atoms with E-state index >= 15 is 0 Å². The van der Waals surface area contributed by atoms with E-state index in [4.69, 9.17) is 4.74 Å². The first-order chi connectivity index (χ1) is 12.6. The summed E-state index contributed by atoms with van der Waals surface area (Å²) in [7, 11) is 1.62. The molecule has 2 aromatic carbocycles. The quantitative estimate of drug-likeness (QED) is 0.785. The third kappa shape index (κ3) is 5.09. The highest BCUT2D eigenvalue weighted by molar-refractivity contribution is 5.97. The molecule has 0 unspecified atom stereocenters. The minimum Gasteiger partial charge on any atom is -0.496 e. The molecule has 0 heterocycles. The average Bonchev–Trinajstić information content (AvgIpc) is 2.67. The summed E-state index contributed by atoms with van der Waals surface area (Å²) in [6, 6.07) is 14.7. The molecule has 0 spiro atoms. The van der Waals surface area contributed by atoms with Gasteiger partial charge in [0.1, 0.15) is 5.75 Å². The lowest BCUT2D eigenvalue weighted by molar-refractivity contribution is -0.116. The van der Waals surface area contributed by atoms with Crippen molar-refractivity contribution in [2.24, 2.45) is 0 Å². The zero-order valence-electron chi connectivity index (χ0n) is 15.6. The molecule has 0 aromatic heterocycles. The molecular formula is C21H26N2O3. The van der Waals surface area contributed by atoms with Gasteiger partial charge in [-0.1, -0.05) is 24.3 Å². The Bertz CT molecular complexity index is 754. The number of hydrogen-bond acceptors (Lipinski definition) is 3. The maximum Gasteiger partial charge on any atom is 0.253 e. The van der Waals surface area contributed by atoms with Crippen molar-refractivity contribution in [3.05, 3.63) is 59.7 Å². The van der Waals surface area contributed by atoms with Crippen LogP contribution in [0.25, 0.3) is 0 Å². The molecule has 0 bridgehead atoms. The Balaban J connectivity index is 1.99. The largest absolute Gasteiger partial charge is 0.496 e. The van der Waals surface area contributed by atoms with Crippen LogP contribution >= 0.6 is 0 Å². The van der Waals surface area contributed by atoms with Gasteiger partial charge in [0.2, 0.25) is 5.91 Å². The molecule has 138 valence electrons. The Kier molecular flexibility index (Phi) is 7.21. The summed E-state index contributed by atoms with van der Waals surface area (Å²) >= 11 is 0. The minimum absolute atomic E-state index is 0.0277. The smallest absolute Gasteiger partial charge is 0.253 e. The number of carbonyl (C=O) groups is 2. The van der Waals surface area contributed by atoms with Crippen molar-refractivity contribution in [2.45, 2.75) is 26.7 Å². The second-order valence-corrected chi connectivity index (χ2v) is 5.92. The van der Waals surface area contributed by atoms with Crippen LogP contribution in [0.2, 0.25) is 0 Å². The number of amides is 2. The van der Waals surface area contributed by atoms with Gasteiger partial charge in [-0.3, -0.25) is 9.59 Å². The topological polar surface area (TPSA) is 58.6 Å². The molecule has 1 N–H and O–H groups in total. The van der Waals surface area contributed by atoms with Crippen molar-refractivity contribution < 1.29 is 14.3 Å². The molecule has 0 radical (unpaired) electrons. The van der Waals surface area contributed by atoms with Crippen LogP contribution in [0.3, 0.4) is 0 Å². The van der Waals surface area contributed by atoms with E-state index in [9.17, 15) is 9.59 Å². The Labute approximate surface area is 155 Å². The van der Waals surface area contributed by atoms with Crippen molar-refractivity contribution in [1.82, 2.24) is 4.90 Å². The molecule has 2 aromatic rings. The predicted octanol–water partition coefficient (Wildman–Crippen LogP) is 3.75. The third-order valence-electron chi connectivity index (χ3n) is 4.26. The van der Waals surface area contributed by atoms with E-state index in [0.29, 0.717) is 37.2 Å². The number of benzene rings is 2. The Morgan fingerprint density at radius 1 is 1.04 bits per heavy atom. The maximum atomic E-state index is 12.4. The number of rotatable bonds is 8. The molecule has 26 heavy (non-hydrogen) atoms. The fourth-order valence-corrected chi connectivity index (χ4v) is 2.80. The Morgan fingerprint density at radius 2 is 1.77 bits per heavy atom. The molecule has 0 aliphatic heterocycles. The highest BCUT2D eigenvalue weighted by Crippen LogP contribution is 2.19. The third-order valence-corrected chi connectivity index (χ3v) is 4.26. The number of para-hydroxylation sites is 1. The van der Waals surface area contributed by atoms with E-state index in [0.717, 1.165) is 11.3 Å². The van der Waals surface area contributed by atoms with E-state index in [1.807, 2.05) is 38.1 Å². The number of carbonyl (C=O) groups excluding carboxylic acids is 2. The molecule has 0 atom stereocenters. The van der Waals surface area contributed by atoms with Gasteiger partial charge in [-0.2, -0.15) is 0 Å². The maximum absolute atomic E-state index is 12.4. The van der Waals surface area contributed by atoms with Crippen molar-refractivity contribution in [1.29, 1.82) is 0 Å². The molecule has 0 saturated heterocycles. The lowest BCUT2D eigenvalue weighted by Gasteiger charge is -2.19. The Hall–Kier alpha value is -2.82. The predicted molar refractivity (Wildman–Crippen MR) is 104 cm³/mol. The van der Waals surface area contributed by atoms with Crippen LogP contribution in [0.5, 0.6) is 5.75 Å². The van der Waals surface area contributed by atoms with Crippen LogP contribution in [0, 0.1) is 0 Å². The van der Waals surface area contributed by atoms with Crippen LogP contribution in [-0.2, 0) is 11.2 Å². The van der Waals surface area contributed by atoms with Crippen LogP contribution in [-0.4, -0.2) is 36.9 Å². The van der Waals surface area contributed by atoms with E-state index < -0.39 is 0 Å². The highest BCUT2D eigenvalue weighted by Gasteiger charge is 2.13. The minimum atomic E-state index is -0.0941. The average molecular weight is 354 g/mol. The van der Waals surface area contributed by atoms with E-state index in [1.165, 1.54) is 0 Å². The van der Waals surface area contributed by atoms with Gasteiger partial charge >= 0.3 is 0 Å². The van der Waals surface area contributed by atoms with Gasteiger partial charge in [0.25, 0.3) is 5.91 Å². The summed E-state index contributed by atoms with van der Waals surface area (Å²) < 4.78 is 5.31. The van der Waals surface area contributed by atoms with Crippen LogP contribution in [0.4, 0.5) is 5.69 Å². The molecule has 5 heteroatoms. The van der Waals surface area contributed by atoms with Crippen molar-refractivity contribution >= 4 is 17.5 Å². The number of hydrogen-bond donors (Lipinski definition) is 1. The standard InChI is InChI=1S/C21H26N2O3/c1-4-23(5-2)21(25)17-10-8-11-18(15-17)22-20(24)14-13-16-9-6-7-12-19(16)26-3/h6-12,15H,4-5,13-14H2,1-3H3,(H,22,24). The first-order valence-corrected chi connectivity index (χ1v) is 8.90. The number of nitrogens with zero attached hydrogens (tertiary/aromatic N) is 1. The lowest BCUT2D eigenvalue weighted by Crippen LogP contribution is -2.30. The summed E-state index contributed by atoms with van der Waals surface area (Å²) in [5, 5.41) is 2.87. The number of anilines is 1. The normalized spacial score (nSPS) is 10.3. The first kappa shape index (κ1) is 19.5. The van der Waals surface area contributed by atoms with Gasteiger partial charge in [0.15, 0.2) is 0 Å². The van der Waals surface area contributed by atoms with E-state index in [1.54, 1.807) is 36.3 Å². The summed E-state index contributed by atoms with van der Waals surface area (Å²) in [5.41, 5.74) is 2.21. The SMILES string of the molecule is CCN(CC)C(=O)c1cccc(NC(=O)CCc2ccccc2OC)c1. The fraction of sp³-hybridized carbons (Fsp3) is 0.333. The molecule has 2 amide bonds. The summed E-state index contributed by atoms with van der Waals surface area (Å²) in [5.74, 6) is 0.663. The lowest BCUT2D eigenvalue weighted by atomic mass is 10.1. The first-order valence-electron chi connectivity index (χ1n) is 8.90. The number of methoxy groups -OCH3 is 1. The monoisotopic (exact) mass is 354 g/mol. The molecule has 0 aliphatic carbocycles. The van der Waals surface area contributed by atoms with Gasteiger partial charge < -0.3 is 15.0 Å². The van der Waals surface area contributed by atoms with Crippen LogP contribution in [0.1, 0.15) is 36.2 Å². The van der Waals surface area contributed by atoms with Crippen molar-refractivity contribution in [3.8, 4) is 5.75 Å². The van der Waals surface area contributed by atoms with Gasteiger partial charge in [0, 0.05) is 30.8 Å². The molecule has 0 saturated carbocycles. The van der Waals surface area contributed by atoms with Gasteiger partial charge in [0.05, 0.1) is 7.11 Å². The van der Waals surface area contributed by atoms with E-state index in [-0.39, 0.29) is 11.8 Å². The molecule has 0 fully saturated rings. The number of aryl methyl sites for hydroxylation is 1. The summed E-state index contributed by atoms with van der Waals surface area (Å²) in [6.45, 7) is 5.21. The van der Waals surface area contributed by atoms with Crippen molar-refractivity contribution in [3.63, 3.8) is 0 Å². The molecule has 5 nitrogen and oxygen atoms in total. The highest BCUT2D eigenvalue weighted by atomic mass is 16.5. The number of ether oxygens (including phenoxy) is 1. The number of nitrogens with one attached hydrogen (secondary N) is 1. The van der Waals surface area contributed by atoms with Gasteiger partial charge in [-0.15, -0.1) is 0 Å². The van der Waals surface area contributed by atoms with Crippen LogP contribution in [0.15, 0.2) is 48.5 Å².